The van der Waals surface area contributed by atoms with Gasteiger partial charge in [-0.15, -0.1) is 0 Å². The van der Waals surface area contributed by atoms with Crippen LogP contribution in [0.5, 0.6) is 0 Å². The molecule has 3 rings (SSSR count). The summed E-state index contributed by atoms with van der Waals surface area (Å²) in [5.41, 5.74) is 0.644. The summed E-state index contributed by atoms with van der Waals surface area (Å²) in [5.74, 6) is -1.86. The van der Waals surface area contributed by atoms with Crippen LogP contribution in [0, 0.1) is 11.6 Å². The van der Waals surface area contributed by atoms with Crippen molar-refractivity contribution in [1.29, 1.82) is 0 Å². The Hall–Kier alpha value is -2.81. The summed E-state index contributed by atoms with van der Waals surface area (Å²) in [6.45, 7) is 2.19. The number of pyridine rings is 1. The quantitative estimate of drug-likeness (QED) is 0.726. The molecule has 1 aromatic heterocycles. The Bertz CT molecular complexity index is 1090. The molecule has 6 nitrogen and oxygen atoms in total. The molecule has 1 aromatic carbocycles. The van der Waals surface area contributed by atoms with E-state index < -0.39 is 27.6 Å². The molecule has 0 radical (unpaired) electrons. The van der Waals surface area contributed by atoms with E-state index in [1.807, 2.05) is 4.90 Å². The first-order chi connectivity index (χ1) is 14.7. The lowest BCUT2D eigenvalue weighted by Crippen LogP contribution is -2.35. The van der Waals surface area contributed by atoms with Crippen molar-refractivity contribution >= 4 is 21.4 Å². The molecule has 1 amide bonds. The maximum atomic E-state index is 14.8. The number of aromatic nitrogens is 1. The number of rotatable bonds is 6. The predicted molar refractivity (Wildman–Crippen MR) is 115 cm³/mol. The highest BCUT2D eigenvalue weighted by Gasteiger charge is 2.27. The minimum Gasteiger partial charge on any atom is -0.363 e. The standard InChI is InChI=1S/C22H25F2N3O3S/c1-15(10-12-31(2,29)30)26-22(28)21-19(24)13-16(14-25-21)27-11-6-5-9-20(27)17-7-3-4-8-18(17)23/h3-4,7-8,10,12-15,20H,5-6,9,11H2,1-2H3,(H,26,28)/b12-10+/t15-,20?/m1/s1. The number of amides is 1. The van der Waals surface area contributed by atoms with Crippen molar-refractivity contribution < 1.29 is 22.0 Å². The van der Waals surface area contributed by atoms with Crippen LogP contribution >= 0.6 is 0 Å². The summed E-state index contributed by atoms with van der Waals surface area (Å²) in [6, 6.07) is 6.91. The second-order valence-corrected chi connectivity index (χ2v) is 9.60. The van der Waals surface area contributed by atoms with Gasteiger partial charge in [-0.1, -0.05) is 24.3 Å². The van der Waals surface area contributed by atoms with E-state index in [0.717, 1.165) is 30.9 Å². The molecule has 2 atom stereocenters. The maximum Gasteiger partial charge on any atom is 0.273 e. The number of piperidine rings is 1. The van der Waals surface area contributed by atoms with Crippen LogP contribution in [0.15, 0.2) is 48.0 Å². The average Bonchev–Trinajstić information content (AvgIpc) is 2.72. The molecule has 0 spiro atoms. The van der Waals surface area contributed by atoms with Crippen LogP contribution in [0.1, 0.15) is 48.3 Å². The Kier molecular flexibility index (Phi) is 7.04. The van der Waals surface area contributed by atoms with Crippen molar-refractivity contribution in [2.45, 2.75) is 38.3 Å². The summed E-state index contributed by atoms with van der Waals surface area (Å²) in [5, 5.41) is 3.47. The number of benzene rings is 1. The molecule has 1 aliphatic heterocycles. The molecular weight excluding hydrogens is 424 g/mol. The number of nitrogens with zero attached hydrogens (tertiary/aromatic N) is 2. The zero-order valence-corrected chi connectivity index (χ0v) is 18.2. The average molecular weight is 450 g/mol. The minimum atomic E-state index is -3.33. The van der Waals surface area contributed by atoms with E-state index in [9.17, 15) is 22.0 Å². The minimum absolute atomic E-state index is 0.239. The summed E-state index contributed by atoms with van der Waals surface area (Å²) < 4.78 is 51.5. The molecule has 1 aliphatic rings. The van der Waals surface area contributed by atoms with E-state index in [2.05, 4.69) is 10.3 Å². The highest BCUT2D eigenvalue weighted by Crippen LogP contribution is 2.36. The number of hydrogen-bond donors (Lipinski definition) is 1. The van der Waals surface area contributed by atoms with Gasteiger partial charge in [-0.2, -0.15) is 0 Å². The zero-order chi connectivity index (χ0) is 22.6. The first-order valence-electron chi connectivity index (χ1n) is 10.0. The molecule has 2 heterocycles. The van der Waals surface area contributed by atoms with Gasteiger partial charge in [-0.25, -0.2) is 22.2 Å². The lowest BCUT2D eigenvalue weighted by atomic mass is 9.94. The molecule has 1 unspecified atom stereocenters. The van der Waals surface area contributed by atoms with Gasteiger partial charge in [0, 0.05) is 35.9 Å². The van der Waals surface area contributed by atoms with E-state index in [0.29, 0.717) is 17.8 Å². The number of nitrogens with one attached hydrogen (secondary N) is 1. The van der Waals surface area contributed by atoms with Crippen LogP contribution in [0.3, 0.4) is 0 Å². The molecule has 0 aliphatic carbocycles. The Morgan fingerprint density at radius 1 is 1.26 bits per heavy atom. The van der Waals surface area contributed by atoms with Crippen LogP contribution in [-0.4, -0.2) is 38.2 Å². The third-order valence-corrected chi connectivity index (χ3v) is 5.77. The third-order valence-electron chi connectivity index (χ3n) is 5.11. The van der Waals surface area contributed by atoms with Crippen molar-refractivity contribution in [3.63, 3.8) is 0 Å². The highest BCUT2D eigenvalue weighted by atomic mass is 32.2. The van der Waals surface area contributed by atoms with Gasteiger partial charge in [0.25, 0.3) is 5.91 Å². The van der Waals surface area contributed by atoms with Crippen LogP contribution in [-0.2, 0) is 9.84 Å². The fraction of sp³-hybridized carbons (Fsp3) is 0.364. The third kappa shape index (κ3) is 5.88. The van der Waals surface area contributed by atoms with Crippen molar-refractivity contribution in [2.24, 2.45) is 0 Å². The van der Waals surface area contributed by atoms with Crippen molar-refractivity contribution in [3.8, 4) is 0 Å². The van der Waals surface area contributed by atoms with Gasteiger partial charge >= 0.3 is 0 Å². The monoisotopic (exact) mass is 449 g/mol. The topological polar surface area (TPSA) is 79.4 Å². The molecule has 0 bridgehead atoms. The predicted octanol–water partition coefficient (Wildman–Crippen LogP) is 3.77. The maximum absolute atomic E-state index is 14.8. The number of carbonyl (C=O) groups is 1. The van der Waals surface area contributed by atoms with Crippen LogP contribution in [0.25, 0.3) is 0 Å². The lowest BCUT2D eigenvalue weighted by molar-refractivity contribution is 0.0937. The van der Waals surface area contributed by atoms with Gasteiger partial charge in [0.15, 0.2) is 21.3 Å². The first-order valence-corrected chi connectivity index (χ1v) is 12.0. The fourth-order valence-corrected chi connectivity index (χ4v) is 4.17. The normalized spacial score (nSPS) is 18.2. The van der Waals surface area contributed by atoms with E-state index in [4.69, 9.17) is 0 Å². The van der Waals surface area contributed by atoms with E-state index in [1.54, 1.807) is 25.1 Å². The molecule has 0 saturated carbocycles. The van der Waals surface area contributed by atoms with Gasteiger partial charge in [0.05, 0.1) is 17.9 Å². The Morgan fingerprint density at radius 3 is 2.68 bits per heavy atom. The molecule has 166 valence electrons. The van der Waals surface area contributed by atoms with Gasteiger partial charge in [-0.3, -0.25) is 4.79 Å². The number of hydrogen-bond acceptors (Lipinski definition) is 5. The lowest BCUT2D eigenvalue weighted by Gasteiger charge is -2.38. The number of sulfone groups is 1. The summed E-state index contributed by atoms with van der Waals surface area (Å²) >= 11 is 0. The second kappa shape index (κ2) is 9.55. The van der Waals surface area contributed by atoms with Gasteiger partial charge in [0.2, 0.25) is 0 Å². The van der Waals surface area contributed by atoms with Crippen molar-refractivity contribution in [2.75, 3.05) is 17.7 Å². The summed E-state index contributed by atoms with van der Waals surface area (Å²) in [6.07, 6.45) is 6.30. The molecule has 9 heteroatoms. The Labute approximate surface area is 180 Å². The molecular formula is C22H25F2N3O3S. The molecule has 2 aromatic rings. The second-order valence-electron chi connectivity index (χ2n) is 7.67. The first kappa shape index (κ1) is 22.9. The van der Waals surface area contributed by atoms with Crippen molar-refractivity contribution in [1.82, 2.24) is 10.3 Å². The van der Waals surface area contributed by atoms with Crippen LogP contribution < -0.4 is 10.2 Å². The van der Waals surface area contributed by atoms with Gasteiger partial charge in [0.1, 0.15) is 5.82 Å². The number of halogens is 2. The van der Waals surface area contributed by atoms with Gasteiger partial charge in [-0.05, 0) is 32.3 Å². The van der Waals surface area contributed by atoms with Crippen molar-refractivity contribution in [3.05, 3.63) is 70.9 Å². The fourth-order valence-electron chi connectivity index (χ4n) is 3.65. The molecule has 31 heavy (non-hydrogen) atoms. The van der Waals surface area contributed by atoms with Crippen LogP contribution in [0.2, 0.25) is 0 Å². The summed E-state index contributed by atoms with van der Waals surface area (Å²) in [4.78, 5) is 18.3. The number of anilines is 1. The largest absolute Gasteiger partial charge is 0.363 e. The van der Waals surface area contributed by atoms with E-state index >= 15 is 0 Å². The zero-order valence-electron chi connectivity index (χ0n) is 17.4. The molecule has 1 N–H and O–H groups in total. The van der Waals surface area contributed by atoms with E-state index in [-0.39, 0.29) is 17.6 Å². The molecule has 1 fully saturated rings. The Balaban J connectivity index is 1.80. The number of carbonyl (C=O) groups excluding carboxylic acids is 1. The highest BCUT2D eigenvalue weighted by molar-refractivity contribution is 7.93. The van der Waals surface area contributed by atoms with Crippen LogP contribution in [0.4, 0.5) is 14.5 Å². The van der Waals surface area contributed by atoms with E-state index in [1.165, 1.54) is 24.4 Å². The summed E-state index contributed by atoms with van der Waals surface area (Å²) in [7, 11) is -3.33. The van der Waals surface area contributed by atoms with Gasteiger partial charge < -0.3 is 10.2 Å². The SMILES string of the molecule is C[C@H](/C=C/S(C)(=O)=O)NC(=O)c1ncc(N2CCCCC2c2ccccc2F)cc1F. The molecule has 1 saturated heterocycles. The Morgan fingerprint density at radius 2 is 2.00 bits per heavy atom. The smallest absolute Gasteiger partial charge is 0.273 e.